The quantitative estimate of drug-likeness (QED) is 0.412. The topological polar surface area (TPSA) is 55.9 Å². The zero-order valence-corrected chi connectivity index (χ0v) is 17.5. The summed E-state index contributed by atoms with van der Waals surface area (Å²) >= 11 is 0. The van der Waals surface area contributed by atoms with E-state index in [0.29, 0.717) is 23.9 Å². The number of nitrogens with two attached hydrogens (primary N) is 1. The first-order valence-electron chi connectivity index (χ1n) is 10.6. The Bertz CT molecular complexity index is 1080. The first-order chi connectivity index (χ1) is 14.6. The normalized spacial score (nSPS) is 15.9. The SMILES string of the molecule is C=C(N)C(=C)NCc1nc2ccc(Cc3ccccc3)cc2n1CC1CC=CCC1. The molecule has 2 aromatic carbocycles. The molecule has 1 unspecified atom stereocenters. The summed E-state index contributed by atoms with van der Waals surface area (Å²) in [7, 11) is 0. The van der Waals surface area contributed by atoms with Crippen molar-refractivity contribution >= 4 is 11.0 Å². The minimum Gasteiger partial charge on any atom is -0.398 e. The summed E-state index contributed by atoms with van der Waals surface area (Å²) < 4.78 is 2.38. The molecule has 0 spiro atoms. The molecule has 0 saturated heterocycles. The van der Waals surface area contributed by atoms with Crippen molar-refractivity contribution in [2.24, 2.45) is 11.7 Å². The second kappa shape index (κ2) is 9.04. The van der Waals surface area contributed by atoms with E-state index < -0.39 is 0 Å². The summed E-state index contributed by atoms with van der Waals surface area (Å²) in [5, 5.41) is 3.28. The number of rotatable bonds is 8. The number of nitrogens with zero attached hydrogens (tertiary/aromatic N) is 2. The van der Waals surface area contributed by atoms with Gasteiger partial charge in [-0.05, 0) is 54.9 Å². The molecule has 0 aliphatic heterocycles. The Hall–Kier alpha value is -3.27. The van der Waals surface area contributed by atoms with Crippen LogP contribution < -0.4 is 11.1 Å². The van der Waals surface area contributed by atoms with Crippen LogP contribution >= 0.6 is 0 Å². The molecule has 30 heavy (non-hydrogen) atoms. The second-order valence-electron chi connectivity index (χ2n) is 8.13. The number of allylic oxidation sites excluding steroid dienone is 2. The number of aromatic nitrogens is 2. The van der Waals surface area contributed by atoms with Gasteiger partial charge in [-0.25, -0.2) is 4.98 Å². The molecule has 4 nitrogen and oxygen atoms in total. The number of fused-ring (bicyclic) bond motifs is 1. The van der Waals surface area contributed by atoms with Crippen LogP contribution in [0.3, 0.4) is 0 Å². The Labute approximate surface area is 178 Å². The predicted octanol–water partition coefficient (Wildman–Crippen LogP) is 5.06. The molecule has 0 fully saturated rings. The fourth-order valence-electron chi connectivity index (χ4n) is 4.08. The van der Waals surface area contributed by atoms with Gasteiger partial charge < -0.3 is 15.6 Å². The molecule has 1 aromatic heterocycles. The van der Waals surface area contributed by atoms with Crippen molar-refractivity contribution in [3.63, 3.8) is 0 Å². The van der Waals surface area contributed by atoms with E-state index in [-0.39, 0.29) is 0 Å². The number of imidazole rings is 1. The molecule has 0 bridgehead atoms. The van der Waals surface area contributed by atoms with Crippen molar-refractivity contribution in [3.05, 3.63) is 102 Å². The maximum absolute atomic E-state index is 5.76. The third kappa shape index (κ3) is 4.65. The van der Waals surface area contributed by atoms with E-state index >= 15 is 0 Å². The smallest absolute Gasteiger partial charge is 0.129 e. The molecule has 3 N–H and O–H groups in total. The minimum absolute atomic E-state index is 0.459. The molecule has 4 heteroatoms. The van der Waals surface area contributed by atoms with Crippen molar-refractivity contribution in [2.45, 2.75) is 38.8 Å². The molecule has 1 aliphatic carbocycles. The molecule has 4 rings (SSSR count). The molecule has 0 saturated carbocycles. The summed E-state index contributed by atoms with van der Waals surface area (Å²) in [4.78, 5) is 4.93. The number of benzene rings is 2. The lowest BCUT2D eigenvalue weighted by Gasteiger charge is -2.20. The highest BCUT2D eigenvalue weighted by molar-refractivity contribution is 5.77. The van der Waals surface area contributed by atoms with E-state index in [1.165, 1.54) is 23.1 Å². The highest BCUT2D eigenvalue weighted by Crippen LogP contribution is 2.26. The summed E-state index contributed by atoms with van der Waals surface area (Å²) in [6.07, 6.45) is 9.03. The standard InChI is InChI=1S/C26H30N4/c1-19(27)20(2)28-17-26-29-24-14-13-23(15-21-9-5-3-6-10-21)16-25(24)30(26)18-22-11-7-4-8-12-22/h3-7,9-10,13-14,16,22,28H,1-2,8,11-12,15,17-18,27H2. The van der Waals surface area contributed by atoms with E-state index in [0.717, 1.165) is 37.1 Å². The van der Waals surface area contributed by atoms with Crippen molar-refractivity contribution in [1.82, 2.24) is 14.9 Å². The zero-order chi connectivity index (χ0) is 20.9. The zero-order valence-electron chi connectivity index (χ0n) is 17.5. The van der Waals surface area contributed by atoms with Crippen LogP contribution in [0.4, 0.5) is 0 Å². The Morgan fingerprint density at radius 3 is 2.67 bits per heavy atom. The average Bonchev–Trinajstić information content (AvgIpc) is 3.10. The Morgan fingerprint density at radius 1 is 1.10 bits per heavy atom. The van der Waals surface area contributed by atoms with E-state index in [1.807, 2.05) is 0 Å². The predicted molar refractivity (Wildman–Crippen MR) is 125 cm³/mol. The van der Waals surface area contributed by atoms with Gasteiger partial charge in [0.25, 0.3) is 0 Å². The van der Waals surface area contributed by atoms with Gasteiger partial charge in [0, 0.05) is 17.9 Å². The maximum atomic E-state index is 5.76. The molecule has 1 aliphatic rings. The Kier molecular flexibility index (Phi) is 6.03. The fraction of sp³-hybridized carbons (Fsp3) is 0.269. The van der Waals surface area contributed by atoms with Gasteiger partial charge in [-0.3, -0.25) is 0 Å². The number of hydrogen-bond donors (Lipinski definition) is 2. The fourth-order valence-corrected chi connectivity index (χ4v) is 4.08. The molecular formula is C26H30N4. The van der Waals surface area contributed by atoms with Crippen LogP contribution in [-0.4, -0.2) is 9.55 Å². The summed E-state index contributed by atoms with van der Waals surface area (Å²) in [5.74, 6) is 1.65. The van der Waals surface area contributed by atoms with E-state index in [2.05, 4.69) is 83.7 Å². The van der Waals surface area contributed by atoms with Gasteiger partial charge in [-0.2, -0.15) is 0 Å². The first kappa shape index (κ1) is 20.0. The van der Waals surface area contributed by atoms with Crippen LogP contribution in [0.1, 0.15) is 36.2 Å². The van der Waals surface area contributed by atoms with Gasteiger partial charge in [0.1, 0.15) is 5.82 Å². The third-order valence-corrected chi connectivity index (χ3v) is 5.81. The van der Waals surface area contributed by atoms with Crippen molar-refractivity contribution < 1.29 is 0 Å². The van der Waals surface area contributed by atoms with Gasteiger partial charge in [-0.15, -0.1) is 0 Å². The number of nitrogens with one attached hydrogen (secondary N) is 1. The molecule has 3 aromatic rings. The maximum Gasteiger partial charge on any atom is 0.129 e. The second-order valence-corrected chi connectivity index (χ2v) is 8.13. The Balaban J connectivity index is 1.66. The van der Waals surface area contributed by atoms with Crippen molar-refractivity contribution in [1.29, 1.82) is 0 Å². The largest absolute Gasteiger partial charge is 0.398 e. The van der Waals surface area contributed by atoms with Crippen molar-refractivity contribution in [3.8, 4) is 0 Å². The summed E-state index contributed by atoms with van der Waals surface area (Å²) in [6, 6.07) is 17.2. The van der Waals surface area contributed by atoms with Crippen LogP contribution in [0.25, 0.3) is 11.0 Å². The van der Waals surface area contributed by atoms with Gasteiger partial charge in [0.15, 0.2) is 0 Å². The Morgan fingerprint density at radius 2 is 1.93 bits per heavy atom. The summed E-state index contributed by atoms with van der Waals surface area (Å²) in [6.45, 7) is 9.26. The summed E-state index contributed by atoms with van der Waals surface area (Å²) in [5.41, 5.74) is 11.7. The lowest BCUT2D eigenvalue weighted by molar-refractivity contribution is 0.407. The van der Waals surface area contributed by atoms with Gasteiger partial charge in [-0.1, -0.05) is 61.7 Å². The highest BCUT2D eigenvalue weighted by atomic mass is 15.1. The monoisotopic (exact) mass is 398 g/mol. The number of hydrogen-bond acceptors (Lipinski definition) is 3. The lowest BCUT2D eigenvalue weighted by atomic mass is 9.94. The van der Waals surface area contributed by atoms with Crippen LogP contribution in [0.2, 0.25) is 0 Å². The van der Waals surface area contributed by atoms with E-state index in [1.54, 1.807) is 0 Å². The molecule has 154 valence electrons. The van der Waals surface area contributed by atoms with Gasteiger partial charge in [0.05, 0.1) is 17.6 Å². The van der Waals surface area contributed by atoms with Crippen molar-refractivity contribution in [2.75, 3.05) is 0 Å². The lowest BCUT2D eigenvalue weighted by Crippen LogP contribution is -2.21. The molecule has 0 radical (unpaired) electrons. The van der Waals surface area contributed by atoms with Gasteiger partial charge in [0.2, 0.25) is 0 Å². The minimum atomic E-state index is 0.459. The average molecular weight is 399 g/mol. The van der Waals surface area contributed by atoms with Crippen LogP contribution in [0.5, 0.6) is 0 Å². The molecule has 1 atom stereocenters. The van der Waals surface area contributed by atoms with Crippen LogP contribution in [-0.2, 0) is 19.5 Å². The molecular weight excluding hydrogens is 368 g/mol. The van der Waals surface area contributed by atoms with Crippen LogP contribution in [0.15, 0.2) is 85.2 Å². The van der Waals surface area contributed by atoms with E-state index in [4.69, 9.17) is 10.7 Å². The first-order valence-corrected chi connectivity index (χ1v) is 10.6. The third-order valence-electron chi connectivity index (χ3n) is 5.81. The molecule has 0 amide bonds. The highest BCUT2D eigenvalue weighted by Gasteiger charge is 2.17. The van der Waals surface area contributed by atoms with Crippen LogP contribution in [0, 0.1) is 5.92 Å². The van der Waals surface area contributed by atoms with Gasteiger partial charge >= 0.3 is 0 Å². The molecule has 1 heterocycles. The van der Waals surface area contributed by atoms with E-state index in [9.17, 15) is 0 Å².